The maximum Gasteiger partial charge on any atom is 0.225 e. The van der Waals surface area contributed by atoms with E-state index in [1.807, 2.05) is 0 Å². The predicted octanol–water partition coefficient (Wildman–Crippen LogP) is 3.02. The van der Waals surface area contributed by atoms with Crippen molar-refractivity contribution in [1.29, 1.82) is 0 Å². The molecular formula is C21H35NO4. The van der Waals surface area contributed by atoms with Crippen molar-refractivity contribution in [1.82, 2.24) is 4.90 Å². The van der Waals surface area contributed by atoms with Crippen molar-refractivity contribution in [2.24, 2.45) is 17.8 Å². The summed E-state index contributed by atoms with van der Waals surface area (Å²) in [6, 6.07) is 0. The summed E-state index contributed by atoms with van der Waals surface area (Å²) >= 11 is 0. The molecule has 0 N–H and O–H groups in total. The van der Waals surface area contributed by atoms with Gasteiger partial charge in [0.25, 0.3) is 0 Å². The fourth-order valence-corrected chi connectivity index (χ4v) is 4.85. The largest absolute Gasteiger partial charge is 0.381 e. The number of amides is 1. The van der Waals surface area contributed by atoms with Gasteiger partial charge in [0, 0.05) is 52.0 Å². The maximum absolute atomic E-state index is 12.7. The van der Waals surface area contributed by atoms with Crippen molar-refractivity contribution in [3.05, 3.63) is 0 Å². The van der Waals surface area contributed by atoms with Crippen LogP contribution in [0.2, 0.25) is 0 Å². The second-order valence-electron chi connectivity index (χ2n) is 8.91. The van der Waals surface area contributed by atoms with Crippen molar-refractivity contribution in [3.8, 4) is 0 Å². The number of carbonyl (C=O) groups is 1. The normalized spacial score (nSPS) is 29.8. The lowest BCUT2D eigenvalue weighted by Gasteiger charge is -2.47. The molecule has 1 atom stereocenters. The van der Waals surface area contributed by atoms with Gasteiger partial charge in [-0.05, 0) is 69.6 Å². The van der Waals surface area contributed by atoms with Gasteiger partial charge in [-0.3, -0.25) is 4.79 Å². The van der Waals surface area contributed by atoms with Crippen LogP contribution in [0.3, 0.4) is 0 Å². The molecule has 0 radical (unpaired) electrons. The summed E-state index contributed by atoms with van der Waals surface area (Å²) < 4.78 is 17.5. The van der Waals surface area contributed by atoms with Crippen LogP contribution in [0, 0.1) is 17.8 Å². The zero-order chi connectivity index (χ0) is 17.8. The van der Waals surface area contributed by atoms with Crippen LogP contribution >= 0.6 is 0 Å². The van der Waals surface area contributed by atoms with Gasteiger partial charge in [-0.1, -0.05) is 0 Å². The van der Waals surface area contributed by atoms with Crippen molar-refractivity contribution in [2.45, 2.75) is 63.4 Å². The minimum atomic E-state index is 0.0197. The lowest BCUT2D eigenvalue weighted by Crippen LogP contribution is -2.52. The number of hydrogen-bond donors (Lipinski definition) is 0. The molecule has 0 aromatic heterocycles. The molecule has 26 heavy (non-hydrogen) atoms. The molecule has 0 aromatic carbocycles. The smallest absolute Gasteiger partial charge is 0.225 e. The first-order valence-electron chi connectivity index (χ1n) is 10.8. The molecule has 1 saturated carbocycles. The molecule has 5 heteroatoms. The van der Waals surface area contributed by atoms with Gasteiger partial charge in [0.1, 0.15) is 0 Å². The highest BCUT2D eigenvalue weighted by atomic mass is 16.5. The zero-order valence-corrected chi connectivity index (χ0v) is 16.1. The van der Waals surface area contributed by atoms with Gasteiger partial charge in [0.2, 0.25) is 5.91 Å². The van der Waals surface area contributed by atoms with E-state index >= 15 is 0 Å². The number of likely N-dealkylation sites (tertiary alicyclic amines) is 1. The first-order valence-corrected chi connectivity index (χ1v) is 10.8. The molecular weight excluding hydrogens is 330 g/mol. The molecule has 3 heterocycles. The van der Waals surface area contributed by atoms with E-state index in [4.69, 9.17) is 14.2 Å². The highest BCUT2D eigenvalue weighted by molar-refractivity contribution is 5.79. The molecule has 0 aromatic rings. The summed E-state index contributed by atoms with van der Waals surface area (Å²) in [5.41, 5.74) is 0.0197. The number of carbonyl (C=O) groups excluding carboxylic acids is 1. The average molecular weight is 366 g/mol. The summed E-state index contributed by atoms with van der Waals surface area (Å²) in [7, 11) is 0. The molecule has 3 aliphatic heterocycles. The summed E-state index contributed by atoms with van der Waals surface area (Å²) in [4.78, 5) is 14.8. The Bertz CT molecular complexity index is 465. The topological polar surface area (TPSA) is 48.0 Å². The van der Waals surface area contributed by atoms with Crippen LogP contribution in [0.1, 0.15) is 57.8 Å². The number of ether oxygens (including phenoxy) is 3. The molecule has 0 bridgehead atoms. The summed E-state index contributed by atoms with van der Waals surface area (Å²) in [5, 5.41) is 0. The van der Waals surface area contributed by atoms with Crippen LogP contribution in [-0.4, -0.2) is 62.5 Å². The number of nitrogens with zero attached hydrogens (tertiary/aromatic N) is 1. The van der Waals surface area contributed by atoms with Crippen LogP contribution in [0.5, 0.6) is 0 Å². The van der Waals surface area contributed by atoms with Gasteiger partial charge in [0.15, 0.2) is 0 Å². The van der Waals surface area contributed by atoms with Gasteiger partial charge < -0.3 is 19.1 Å². The van der Waals surface area contributed by atoms with Crippen molar-refractivity contribution in [3.63, 3.8) is 0 Å². The van der Waals surface area contributed by atoms with Crippen molar-refractivity contribution in [2.75, 3.05) is 46.1 Å². The van der Waals surface area contributed by atoms with Gasteiger partial charge in [-0.2, -0.15) is 0 Å². The fraction of sp³-hybridized carbons (Fsp3) is 0.952. The summed E-state index contributed by atoms with van der Waals surface area (Å²) in [5.74, 6) is 2.11. The molecule has 1 unspecified atom stereocenters. The Morgan fingerprint density at radius 3 is 2.50 bits per heavy atom. The second kappa shape index (κ2) is 8.57. The minimum absolute atomic E-state index is 0.0197. The van der Waals surface area contributed by atoms with Crippen molar-refractivity contribution < 1.29 is 19.0 Å². The Labute approximate surface area is 157 Å². The molecule has 4 rings (SSSR count). The van der Waals surface area contributed by atoms with Crippen LogP contribution in [0.25, 0.3) is 0 Å². The minimum Gasteiger partial charge on any atom is -0.381 e. The molecule has 1 aliphatic carbocycles. The Hall–Kier alpha value is -0.650. The Kier molecular flexibility index (Phi) is 6.17. The van der Waals surface area contributed by atoms with E-state index in [0.717, 1.165) is 90.1 Å². The van der Waals surface area contributed by atoms with E-state index < -0.39 is 0 Å². The quantitative estimate of drug-likeness (QED) is 0.679. The van der Waals surface area contributed by atoms with Crippen LogP contribution < -0.4 is 0 Å². The molecule has 4 fully saturated rings. The third-order valence-electron chi connectivity index (χ3n) is 6.87. The summed E-state index contributed by atoms with van der Waals surface area (Å²) in [6.45, 7) is 5.95. The molecule has 5 nitrogen and oxygen atoms in total. The monoisotopic (exact) mass is 365 g/mol. The van der Waals surface area contributed by atoms with E-state index in [-0.39, 0.29) is 11.5 Å². The van der Waals surface area contributed by atoms with Crippen LogP contribution in [0.4, 0.5) is 0 Å². The van der Waals surface area contributed by atoms with E-state index in [9.17, 15) is 4.79 Å². The third kappa shape index (κ3) is 4.79. The zero-order valence-electron chi connectivity index (χ0n) is 16.1. The predicted molar refractivity (Wildman–Crippen MR) is 98.9 cm³/mol. The molecule has 148 valence electrons. The molecule has 3 saturated heterocycles. The van der Waals surface area contributed by atoms with Crippen LogP contribution in [0.15, 0.2) is 0 Å². The second-order valence-corrected chi connectivity index (χ2v) is 8.91. The maximum atomic E-state index is 12.7. The average Bonchev–Trinajstić information content (AvgIpc) is 3.51. The standard InChI is InChI=1S/C21H35NO4/c23-20(19-5-12-24-13-6-19)22-9-7-21(8-10-22)15-17(4-14-26-21)3-11-25-16-18-1-2-18/h17-19H,1-16H2. The number of rotatable bonds is 6. The molecule has 4 aliphatic rings. The van der Waals surface area contributed by atoms with Crippen molar-refractivity contribution >= 4 is 5.91 Å². The lowest BCUT2D eigenvalue weighted by molar-refractivity contribution is -0.153. The Morgan fingerprint density at radius 1 is 1.00 bits per heavy atom. The van der Waals surface area contributed by atoms with Gasteiger partial charge >= 0.3 is 0 Å². The number of piperidine rings is 1. The summed E-state index contributed by atoms with van der Waals surface area (Å²) in [6.07, 6.45) is 10.00. The Balaban J connectivity index is 1.21. The van der Waals surface area contributed by atoms with E-state index in [2.05, 4.69) is 4.90 Å². The number of hydrogen-bond acceptors (Lipinski definition) is 4. The third-order valence-corrected chi connectivity index (χ3v) is 6.87. The first-order chi connectivity index (χ1) is 12.7. The van der Waals surface area contributed by atoms with Gasteiger partial charge in [0.05, 0.1) is 5.60 Å². The highest BCUT2D eigenvalue weighted by Gasteiger charge is 2.41. The van der Waals surface area contributed by atoms with Gasteiger partial charge in [-0.25, -0.2) is 0 Å². The van der Waals surface area contributed by atoms with Gasteiger partial charge in [-0.15, -0.1) is 0 Å². The van der Waals surface area contributed by atoms with E-state index in [1.165, 1.54) is 25.7 Å². The molecule has 1 amide bonds. The SMILES string of the molecule is O=C(C1CCOCC1)N1CCC2(CC1)CC(CCOCC1CC1)CCO2. The first kappa shape index (κ1) is 18.7. The van der Waals surface area contributed by atoms with E-state index in [0.29, 0.717) is 5.91 Å². The Morgan fingerprint density at radius 2 is 1.77 bits per heavy atom. The van der Waals surface area contributed by atoms with Crippen LogP contribution in [-0.2, 0) is 19.0 Å². The highest BCUT2D eigenvalue weighted by Crippen LogP contribution is 2.39. The molecule has 1 spiro atoms. The van der Waals surface area contributed by atoms with E-state index in [1.54, 1.807) is 0 Å². The lowest BCUT2D eigenvalue weighted by atomic mass is 9.78. The fourth-order valence-electron chi connectivity index (χ4n) is 4.85.